The highest BCUT2D eigenvalue weighted by atomic mass is 19.1. The van der Waals surface area contributed by atoms with Crippen LogP contribution in [0.3, 0.4) is 0 Å². The number of halogens is 1. The maximum atomic E-state index is 13.3. The first-order valence-electron chi connectivity index (χ1n) is 4.92. The summed E-state index contributed by atoms with van der Waals surface area (Å²) in [6, 6.07) is 5.83. The van der Waals surface area contributed by atoms with Crippen LogP contribution in [0, 0.1) is 5.82 Å². The van der Waals surface area contributed by atoms with E-state index >= 15 is 0 Å². The molecule has 7 heteroatoms. The second kappa shape index (κ2) is 4.66. The van der Waals surface area contributed by atoms with E-state index in [1.807, 2.05) is 0 Å². The van der Waals surface area contributed by atoms with Gasteiger partial charge in [0.05, 0.1) is 11.9 Å². The first-order chi connectivity index (χ1) is 8.58. The number of H-pyrrole nitrogens is 1. The van der Waals surface area contributed by atoms with Gasteiger partial charge in [-0.15, -0.1) is 0 Å². The number of rotatable bonds is 3. The molecule has 0 bridgehead atoms. The Labute approximate surface area is 100 Å². The third-order valence-electron chi connectivity index (χ3n) is 2.16. The number of nitrogens with one attached hydrogen (secondary N) is 2. The first-order valence-corrected chi connectivity index (χ1v) is 4.92. The zero-order valence-corrected chi connectivity index (χ0v) is 8.98. The lowest BCUT2D eigenvalue weighted by molar-refractivity contribution is 0.0694. The molecule has 1 heterocycles. The molecule has 1 aromatic heterocycles. The lowest BCUT2D eigenvalue weighted by atomic mass is 10.3. The number of aromatic carboxylic acids is 1. The van der Waals surface area contributed by atoms with Crippen LogP contribution in [0.1, 0.15) is 10.4 Å². The van der Waals surface area contributed by atoms with Gasteiger partial charge in [-0.3, -0.25) is 9.78 Å². The van der Waals surface area contributed by atoms with E-state index in [1.54, 1.807) is 6.07 Å². The number of carboxylic acids is 1. The summed E-state index contributed by atoms with van der Waals surface area (Å²) in [6.45, 7) is 0. The van der Waals surface area contributed by atoms with Crippen molar-refractivity contribution < 1.29 is 14.3 Å². The maximum Gasteiger partial charge on any atom is 0.342 e. The lowest BCUT2D eigenvalue weighted by Gasteiger charge is -2.05. The minimum Gasteiger partial charge on any atom is -0.477 e. The molecule has 18 heavy (non-hydrogen) atoms. The third kappa shape index (κ3) is 2.34. The van der Waals surface area contributed by atoms with E-state index in [0.29, 0.717) is 0 Å². The van der Waals surface area contributed by atoms with Gasteiger partial charge < -0.3 is 10.4 Å². The third-order valence-corrected chi connectivity index (χ3v) is 2.16. The Kier molecular flexibility index (Phi) is 3.05. The van der Waals surface area contributed by atoms with Gasteiger partial charge in [0.15, 0.2) is 0 Å². The van der Waals surface area contributed by atoms with E-state index in [1.165, 1.54) is 18.2 Å². The van der Waals surface area contributed by atoms with Crippen LogP contribution in [-0.4, -0.2) is 21.0 Å². The van der Waals surface area contributed by atoms with Crippen LogP contribution in [-0.2, 0) is 0 Å². The van der Waals surface area contributed by atoms with Gasteiger partial charge in [-0.05, 0) is 12.1 Å². The van der Waals surface area contributed by atoms with Gasteiger partial charge in [0.1, 0.15) is 11.4 Å². The van der Waals surface area contributed by atoms with Crippen LogP contribution in [0.15, 0.2) is 35.3 Å². The van der Waals surface area contributed by atoms with Crippen molar-refractivity contribution in [1.82, 2.24) is 9.97 Å². The Balaban J connectivity index is 2.32. The molecule has 0 aliphatic carbocycles. The van der Waals surface area contributed by atoms with E-state index in [2.05, 4.69) is 15.3 Å². The number of anilines is 2. The largest absolute Gasteiger partial charge is 0.477 e. The molecular weight excluding hydrogens is 241 g/mol. The molecule has 1 aromatic carbocycles. The van der Waals surface area contributed by atoms with Gasteiger partial charge in [-0.2, -0.15) is 0 Å². The number of hydrogen-bond acceptors (Lipinski definition) is 4. The molecule has 92 valence electrons. The highest BCUT2D eigenvalue weighted by Crippen LogP contribution is 2.15. The zero-order chi connectivity index (χ0) is 13.1. The predicted molar refractivity (Wildman–Crippen MR) is 61.5 cm³/mol. The topological polar surface area (TPSA) is 95.1 Å². The Morgan fingerprint density at radius 1 is 1.39 bits per heavy atom. The van der Waals surface area contributed by atoms with Crippen molar-refractivity contribution in [3.05, 3.63) is 52.2 Å². The van der Waals surface area contributed by atoms with Crippen LogP contribution in [0.25, 0.3) is 0 Å². The maximum absolute atomic E-state index is 13.3. The summed E-state index contributed by atoms with van der Waals surface area (Å²) in [5.41, 5.74) is -1.16. The van der Waals surface area contributed by atoms with Crippen molar-refractivity contribution in [2.45, 2.75) is 0 Å². The van der Waals surface area contributed by atoms with Crippen molar-refractivity contribution in [2.24, 2.45) is 0 Å². The predicted octanol–water partition coefficient (Wildman–Crippen LogP) is 1.35. The Hall–Kier alpha value is -2.70. The van der Waals surface area contributed by atoms with Crippen LogP contribution in [0.5, 0.6) is 0 Å². The molecule has 0 unspecified atom stereocenters. The number of carboxylic acid groups (broad SMARTS) is 1. The van der Waals surface area contributed by atoms with Crippen LogP contribution in [0.2, 0.25) is 0 Å². The SMILES string of the molecule is O=C(O)c1cnc(Nc2ccccc2F)[nH]c1=O. The summed E-state index contributed by atoms with van der Waals surface area (Å²) in [5, 5.41) is 11.2. The molecule has 0 fully saturated rings. The molecule has 2 aromatic rings. The molecule has 0 radical (unpaired) electrons. The Morgan fingerprint density at radius 2 is 2.11 bits per heavy atom. The highest BCUT2D eigenvalue weighted by Gasteiger charge is 2.10. The summed E-state index contributed by atoms with van der Waals surface area (Å²) in [5.74, 6) is -1.92. The summed E-state index contributed by atoms with van der Waals surface area (Å²) in [7, 11) is 0. The molecule has 6 nitrogen and oxygen atoms in total. The molecule has 0 saturated heterocycles. The first kappa shape index (κ1) is 11.8. The van der Waals surface area contributed by atoms with Gasteiger partial charge in [-0.25, -0.2) is 14.2 Å². The number of aromatic amines is 1. The molecule has 0 aliphatic rings. The standard InChI is InChI=1S/C11H8FN3O3/c12-7-3-1-2-4-8(7)14-11-13-5-6(10(17)18)9(16)15-11/h1-5H,(H,17,18)(H2,13,14,15,16). The minimum atomic E-state index is -1.37. The highest BCUT2D eigenvalue weighted by molar-refractivity contribution is 5.86. The van der Waals surface area contributed by atoms with Crippen molar-refractivity contribution >= 4 is 17.6 Å². The van der Waals surface area contributed by atoms with Crippen molar-refractivity contribution in [3.63, 3.8) is 0 Å². The minimum absolute atomic E-state index is 0.0323. The Bertz CT molecular complexity index is 654. The molecule has 3 N–H and O–H groups in total. The van der Waals surface area contributed by atoms with Crippen molar-refractivity contribution in [2.75, 3.05) is 5.32 Å². The van der Waals surface area contributed by atoms with Crippen LogP contribution < -0.4 is 10.9 Å². The number of nitrogens with zero attached hydrogens (tertiary/aromatic N) is 1. The van der Waals surface area contributed by atoms with E-state index in [0.717, 1.165) is 6.20 Å². The van der Waals surface area contributed by atoms with Gasteiger partial charge in [0.25, 0.3) is 5.56 Å². The molecule has 2 rings (SSSR count). The van der Waals surface area contributed by atoms with E-state index < -0.39 is 22.9 Å². The average Bonchev–Trinajstić information content (AvgIpc) is 2.32. The summed E-state index contributed by atoms with van der Waals surface area (Å²) in [6.07, 6.45) is 0.907. The summed E-state index contributed by atoms with van der Waals surface area (Å²) < 4.78 is 13.3. The van der Waals surface area contributed by atoms with Crippen LogP contribution >= 0.6 is 0 Å². The number of para-hydroxylation sites is 1. The normalized spacial score (nSPS) is 10.1. The second-order valence-electron chi connectivity index (χ2n) is 3.38. The van der Waals surface area contributed by atoms with Gasteiger partial charge in [0.2, 0.25) is 5.95 Å². The fourth-order valence-electron chi connectivity index (χ4n) is 1.30. The van der Waals surface area contributed by atoms with Gasteiger partial charge in [0, 0.05) is 0 Å². The average molecular weight is 249 g/mol. The van der Waals surface area contributed by atoms with E-state index in [9.17, 15) is 14.0 Å². The lowest BCUT2D eigenvalue weighted by Crippen LogP contribution is -2.19. The zero-order valence-electron chi connectivity index (χ0n) is 8.98. The van der Waals surface area contributed by atoms with Crippen LogP contribution in [0.4, 0.5) is 16.0 Å². The fraction of sp³-hybridized carbons (Fsp3) is 0. The second-order valence-corrected chi connectivity index (χ2v) is 3.38. The summed E-state index contributed by atoms with van der Waals surface area (Å²) in [4.78, 5) is 27.8. The molecular formula is C11H8FN3O3. The van der Waals surface area contributed by atoms with Crippen molar-refractivity contribution in [3.8, 4) is 0 Å². The number of benzene rings is 1. The summed E-state index contributed by atoms with van der Waals surface area (Å²) >= 11 is 0. The number of aromatic nitrogens is 2. The smallest absolute Gasteiger partial charge is 0.342 e. The molecule has 0 aliphatic heterocycles. The quantitative estimate of drug-likeness (QED) is 0.763. The molecule has 0 amide bonds. The van der Waals surface area contributed by atoms with Gasteiger partial charge >= 0.3 is 5.97 Å². The number of hydrogen-bond donors (Lipinski definition) is 3. The molecule has 0 atom stereocenters. The van der Waals surface area contributed by atoms with Gasteiger partial charge in [-0.1, -0.05) is 12.1 Å². The van der Waals surface area contributed by atoms with Crippen molar-refractivity contribution in [1.29, 1.82) is 0 Å². The Morgan fingerprint density at radius 3 is 2.72 bits per heavy atom. The molecule has 0 spiro atoms. The van der Waals surface area contributed by atoms with E-state index in [4.69, 9.17) is 5.11 Å². The van der Waals surface area contributed by atoms with E-state index in [-0.39, 0.29) is 11.6 Å². The monoisotopic (exact) mass is 249 g/mol. The fourth-order valence-corrected chi connectivity index (χ4v) is 1.30. The number of carbonyl (C=O) groups is 1. The molecule has 0 saturated carbocycles.